The summed E-state index contributed by atoms with van der Waals surface area (Å²) in [5.41, 5.74) is -6.52. The molecule has 2 aromatic rings. The van der Waals surface area contributed by atoms with E-state index in [4.69, 9.17) is 30.1 Å². The zero-order chi connectivity index (χ0) is 30.0. The molecule has 5 atom stereocenters. The highest BCUT2D eigenvalue weighted by atomic mass is 35.5. The number of carbonyl (C=O) groups excluding carboxylic acids is 1. The zero-order valence-corrected chi connectivity index (χ0v) is 22.7. The Bertz CT molecular complexity index is 1380. The predicted molar refractivity (Wildman–Crippen MR) is 131 cm³/mol. The van der Waals surface area contributed by atoms with E-state index >= 15 is 8.78 Å². The largest absolute Gasteiger partial charge is 0.462 e. The van der Waals surface area contributed by atoms with Crippen molar-refractivity contribution in [3.8, 4) is 5.75 Å². The summed E-state index contributed by atoms with van der Waals surface area (Å²) in [6, 6.07) is 5.57. The number of rotatable bonds is 11. The van der Waals surface area contributed by atoms with Crippen LogP contribution in [0.15, 0.2) is 46.1 Å². The first-order valence-electron chi connectivity index (χ1n) is 11.5. The number of aliphatic hydroxyl groups is 1. The second kappa shape index (κ2) is 12.0. The molecule has 0 amide bonds. The Hall–Kier alpha value is -2.75. The molecule has 0 aliphatic carbocycles. The Kier molecular flexibility index (Phi) is 9.54. The van der Waals surface area contributed by atoms with Crippen LogP contribution in [-0.2, 0) is 23.4 Å². The number of benzene rings is 1. The van der Waals surface area contributed by atoms with Gasteiger partial charge in [-0.25, -0.2) is 18.1 Å². The number of para-hydroxylation sites is 1. The third-order valence-electron chi connectivity index (χ3n) is 5.56. The minimum absolute atomic E-state index is 0.152. The van der Waals surface area contributed by atoms with Gasteiger partial charge in [0, 0.05) is 6.20 Å². The van der Waals surface area contributed by atoms with E-state index in [9.17, 15) is 32.8 Å². The number of nitrogens with one attached hydrogen (secondary N) is 2. The van der Waals surface area contributed by atoms with Crippen LogP contribution in [0.3, 0.4) is 0 Å². The molecule has 1 aliphatic rings. The highest BCUT2D eigenvalue weighted by Crippen LogP contribution is 2.54. The van der Waals surface area contributed by atoms with Crippen LogP contribution in [-0.4, -0.2) is 63.4 Å². The Morgan fingerprint density at radius 3 is 2.45 bits per heavy atom. The van der Waals surface area contributed by atoms with Gasteiger partial charge in [-0.3, -0.25) is 23.7 Å². The Labute approximate surface area is 228 Å². The summed E-state index contributed by atoms with van der Waals surface area (Å²) in [4.78, 5) is 37.6. The van der Waals surface area contributed by atoms with E-state index in [0.29, 0.717) is 6.20 Å². The molecule has 40 heavy (non-hydrogen) atoms. The molecular weight excluding hydrogens is 593 g/mol. The van der Waals surface area contributed by atoms with Crippen molar-refractivity contribution in [2.24, 2.45) is 0 Å². The van der Waals surface area contributed by atoms with Gasteiger partial charge in [0.15, 0.2) is 12.3 Å². The topological polar surface area (TPSA) is 158 Å². The first-order valence-corrected chi connectivity index (χ1v) is 13.5. The molecule has 18 heteroatoms. The zero-order valence-electron chi connectivity index (χ0n) is 21.1. The van der Waals surface area contributed by atoms with Gasteiger partial charge in [0.2, 0.25) is 5.60 Å². The molecule has 1 fully saturated rings. The van der Waals surface area contributed by atoms with Gasteiger partial charge < -0.3 is 19.1 Å². The van der Waals surface area contributed by atoms with Crippen molar-refractivity contribution in [1.29, 1.82) is 0 Å². The van der Waals surface area contributed by atoms with E-state index in [1.165, 1.54) is 45.0 Å². The van der Waals surface area contributed by atoms with E-state index in [1.807, 2.05) is 0 Å². The summed E-state index contributed by atoms with van der Waals surface area (Å²) < 4.78 is 93.2. The summed E-state index contributed by atoms with van der Waals surface area (Å²) in [6.45, 7) is 2.34. The Morgan fingerprint density at radius 1 is 1.25 bits per heavy atom. The number of aromatic amines is 1. The number of nitrogens with zero attached hydrogens (tertiary/aromatic N) is 1. The standard InChI is InChI=1S/C22H25ClF4N3O9P/c1-11(2)37-18(33)12(3)29-40(35,39-13-7-5-4-6-8-13)36-10-21(19(24)25)22(26,27)15(31)17(38-21)30-9-14(23)16(32)28-20(30)34/h4-9,11-12,15,17,19,31H,10H2,1-3H3,(H,29,35)(H,28,32,34)/t12-,15-,17+,21-,40?/m0/s1. The molecule has 222 valence electrons. The lowest BCUT2D eigenvalue weighted by Crippen LogP contribution is -2.57. The number of alkyl halides is 4. The van der Waals surface area contributed by atoms with Crippen molar-refractivity contribution < 1.29 is 50.5 Å². The van der Waals surface area contributed by atoms with Gasteiger partial charge in [-0.2, -0.15) is 13.9 Å². The number of aliphatic hydroxyl groups excluding tert-OH is 1. The average molecular weight is 618 g/mol. The van der Waals surface area contributed by atoms with E-state index in [-0.39, 0.29) is 10.3 Å². The van der Waals surface area contributed by atoms with E-state index in [0.717, 1.165) is 0 Å². The normalized spacial score (nSPS) is 24.6. The fourth-order valence-corrected chi connectivity index (χ4v) is 5.22. The van der Waals surface area contributed by atoms with Gasteiger partial charge in [-0.1, -0.05) is 29.8 Å². The van der Waals surface area contributed by atoms with Crippen LogP contribution in [0, 0.1) is 0 Å². The minimum Gasteiger partial charge on any atom is -0.462 e. The fourth-order valence-electron chi connectivity index (χ4n) is 3.55. The lowest BCUT2D eigenvalue weighted by Gasteiger charge is -2.34. The maximum atomic E-state index is 15.3. The number of esters is 1. The summed E-state index contributed by atoms with van der Waals surface area (Å²) in [5.74, 6) is -5.94. The monoisotopic (exact) mass is 617 g/mol. The smallest absolute Gasteiger partial charge is 0.459 e. The highest BCUT2D eigenvalue weighted by molar-refractivity contribution is 7.52. The number of carbonyl (C=O) groups is 1. The second-order valence-electron chi connectivity index (χ2n) is 8.92. The lowest BCUT2D eigenvalue weighted by molar-refractivity contribution is -0.242. The van der Waals surface area contributed by atoms with Crippen molar-refractivity contribution in [2.75, 3.05) is 6.61 Å². The molecule has 2 heterocycles. The van der Waals surface area contributed by atoms with Crippen molar-refractivity contribution in [3.05, 3.63) is 62.4 Å². The number of hydrogen-bond acceptors (Lipinski definition) is 9. The quantitative estimate of drug-likeness (QED) is 0.194. The number of aromatic nitrogens is 2. The minimum atomic E-state index is -4.94. The van der Waals surface area contributed by atoms with Crippen molar-refractivity contribution in [2.45, 2.75) is 63.2 Å². The molecule has 1 aliphatic heterocycles. The van der Waals surface area contributed by atoms with E-state index in [1.54, 1.807) is 11.1 Å². The van der Waals surface area contributed by atoms with Crippen LogP contribution < -0.4 is 20.9 Å². The average Bonchev–Trinajstić information content (AvgIpc) is 3.06. The SMILES string of the molecule is CC(C)OC(=O)[C@H](C)NP(=O)(OC[C@@]1(C(F)F)O[C@@H](n2cc(Cl)c(=O)[nH]c2=O)[C@H](O)C1(F)F)Oc1ccccc1. The molecule has 0 saturated carbocycles. The Morgan fingerprint density at radius 2 is 1.88 bits per heavy atom. The molecule has 0 bridgehead atoms. The van der Waals surface area contributed by atoms with Crippen LogP contribution in [0.25, 0.3) is 0 Å². The molecule has 1 saturated heterocycles. The summed E-state index contributed by atoms with van der Waals surface area (Å²) in [5, 5.41) is 11.7. The van der Waals surface area contributed by atoms with Gasteiger partial charge in [-0.05, 0) is 32.9 Å². The molecule has 1 aromatic carbocycles. The number of halogens is 5. The molecule has 0 spiro atoms. The van der Waals surface area contributed by atoms with Gasteiger partial charge in [0.05, 0.1) is 12.7 Å². The van der Waals surface area contributed by atoms with Crippen molar-refractivity contribution in [3.63, 3.8) is 0 Å². The predicted octanol–water partition coefficient (Wildman–Crippen LogP) is 2.85. The van der Waals surface area contributed by atoms with Crippen molar-refractivity contribution in [1.82, 2.24) is 14.6 Å². The van der Waals surface area contributed by atoms with Gasteiger partial charge in [0.1, 0.15) is 16.8 Å². The van der Waals surface area contributed by atoms with Crippen molar-refractivity contribution >= 4 is 25.3 Å². The van der Waals surface area contributed by atoms with Crippen LogP contribution in [0.2, 0.25) is 5.02 Å². The summed E-state index contributed by atoms with van der Waals surface area (Å²) in [7, 11) is -4.94. The fraction of sp³-hybridized carbons (Fsp3) is 0.500. The molecule has 3 N–H and O–H groups in total. The molecular formula is C22H25ClF4N3O9P. The van der Waals surface area contributed by atoms with Crippen LogP contribution in [0.5, 0.6) is 5.75 Å². The molecule has 12 nitrogen and oxygen atoms in total. The molecule has 3 rings (SSSR count). The third-order valence-corrected chi connectivity index (χ3v) is 7.46. The van der Waals surface area contributed by atoms with Gasteiger partial charge in [-0.15, -0.1) is 0 Å². The second-order valence-corrected chi connectivity index (χ2v) is 11.0. The molecule has 1 aromatic heterocycles. The molecule has 0 radical (unpaired) electrons. The van der Waals surface area contributed by atoms with Gasteiger partial charge >= 0.3 is 25.3 Å². The first kappa shape index (κ1) is 31.8. The lowest BCUT2D eigenvalue weighted by atomic mass is 9.95. The highest BCUT2D eigenvalue weighted by Gasteiger charge is 2.74. The maximum Gasteiger partial charge on any atom is 0.459 e. The number of ether oxygens (including phenoxy) is 2. The number of hydrogen-bond donors (Lipinski definition) is 3. The first-order chi connectivity index (χ1) is 18.5. The van der Waals surface area contributed by atoms with Crippen LogP contribution in [0.1, 0.15) is 27.0 Å². The summed E-state index contributed by atoms with van der Waals surface area (Å²) >= 11 is 5.62. The number of H-pyrrole nitrogens is 1. The maximum absolute atomic E-state index is 15.3. The third kappa shape index (κ3) is 6.42. The van der Waals surface area contributed by atoms with E-state index < -0.39 is 79.0 Å². The van der Waals surface area contributed by atoms with Crippen LogP contribution >= 0.6 is 19.3 Å². The van der Waals surface area contributed by atoms with Gasteiger partial charge in [0.25, 0.3) is 12.0 Å². The van der Waals surface area contributed by atoms with Crippen LogP contribution in [0.4, 0.5) is 17.6 Å². The molecule has 1 unspecified atom stereocenters. The van der Waals surface area contributed by atoms with E-state index in [2.05, 4.69) is 5.09 Å². The summed E-state index contributed by atoms with van der Waals surface area (Å²) in [6.07, 6.45) is -9.77. The Balaban J connectivity index is 1.98.